The lowest BCUT2D eigenvalue weighted by Gasteiger charge is -1.84. The first kappa shape index (κ1) is 5.42. The molecule has 0 atom stereocenters. The standard InChI is InChI=1S/C7H9NS/c1-5-4-6-2-3-9-7(6)8-5/h4,8H,2-3H2,1H3. The van der Waals surface area contributed by atoms with Crippen LogP contribution in [0.2, 0.25) is 0 Å². The fraction of sp³-hybridized carbons (Fsp3) is 0.429. The fourth-order valence-electron chi connectivity index (χ4n) is 1.20. The summed E-state index contributed by atoms with van der Waals surface area (Å²) in [5.74, 6) is 1.27. The van der Waals surface area contributed by atoms with Crippen LogP contribution in [0.3, 0.4) is 0 Å². The minimum absolute atomic E-state index is 1.25. The zero-order valence-corrected chi connectivity index (χ0v) is 6.22. The van der Waals surface area contributed by atoms with Crippen molar-refractivity contribution >= 4 is 11.8 Å². The van der Waals surface area contributed by atoms with Gasteiger partial charge < -0.3 is 4.98 Å². The second-order valence-electron chi connectivity index (χ2n) is 2.41. The summed E-state index contributed by atoms with van der Waals surface area (Å²) in [6, 6.07) is 2.25. The molecule has 1 aliphatic rings. The third kappa shape index (κ3) is 0.778. The summed E-state index contributed by atoms with van der Waals surface area (Å²) in [7, 11) is 0. The molecule has 0 aliphatic carbocycles. The Kier molecular flexibility index (Phi) is 1.09. The molecule has 2 rings (SSSR count). The van der Waals surface area contributed by atoms with Crippen molar-refractivity contribution in [2.75, 3.05) is 5.75 Å². The molecule has 48 valence electrons. The summed E-state index contributed by atoms with van der Waals surface area (Å²) in [5, 5.41) is 1.40. The van der Waals surface area contributed by atoms with Crippen LogP contribution in [0.5, 0.6) is 0 Å². The van der Waals surface area contributed by atoms with E-state index in [4.69, 9.17) is 0 Å². The highest BCUT2D eigenvalue weighted by molar-refractivity contribution is 7.99. The van der Waals surface area contributed by atoms with E-state index in [0.29, 0.717) is 0 Å². The van der Waals surface area contributed by atoms with Gasteiger partial charge in [-0.05, 0) is 25.0 Å². The predicted octanol–water partition coefficient (Wildman–Crippen LogP) is 1.97. The van der Waals surface area contributed by atoms with E-state index in [-0.39, 0.29) is 0 Å². The van der Waals surface area contributed by atoms with E-state index in [1.807, 2.05) is 11.8 Å². The third-order valence-electron chi connectivity index (χ3n) is 1.61. The first-order chi connectivity index (χ1) is 4.36. The Morgan fingerprint density at radius 2 is 2.56 bits per heavy atom. The lowest BCUT2D eigenvalue weighted by atomic mass is 10.2. The number of thioether (sulfide) groups is 1. The number of aromatic nitrogens is 1. The zero-order chi connectivity index (χ0) is 6.27. The summed E-state index contributed by atoms with van der Waals surface area (Å²) in [5.41, 5.74) is 2.81. The first-order valence-electron chi connectivity index (χ1n) is 3.17. The highest BCUT2D eigenvalue weighted by atomic mass is 32.2. The Morgan fingerprint density at radius 3 is 3.33 bits per heavy atom. The van der Waals surface area contributed by atoms with Crippen LogP contribution in [-0.2, 0) is 6.42 Å². The van der Waals surface area contributed by atoms with Crippen molar-refractivity contribution in [3.05, 3.63) is 17.3 Å². The highest BCUT2D eigenvalue weighted by Gasteiger charge is 2.12. The smallest absolute Gasteiger partial charge is 0.0756 e. The first-order valence-corrected chi connectivity index (χ1v) is 4.16. The van der Waals surface area contributed by atoms with E-state index < -0.39 is 0 Å². The summed E-state index contributed by atoms with van der Waals surface area (Å²) < 4.78 is 0. The van der Waals surface area contributed by atoms with Crippen LogP contribution in [0, 0.1) is 6.92 Å². The topological polar surface area (TPSA) is 15.8 Å². The van der Waals surface area contributed by atoms with Gasteiger partial charge in [-0.1, -0.05) is 0 Å². The lowest BCUT2D eigenvalue weighted by molar-refractivity contribution is 1.10. The Hall–Kier alpha value is -0.370. The molecule has 1 aromatic rings. The van der Waals surface area contributed by atoms with Crippen LogP contribution in [0.1, 0.15) is 11.3 Å². The second kappa shape index (κ2) is 1.81. The maximum Gasteiger partial charge on any atom is 0.0756 e. The molecule has 9 heavy (non-hydrogen) atoms. The van der Waals surface area contributed by atoms with Crippen LogP contribution >= 0.6 is 11.8 Å². The highest BCUT2D eigenvalue weighted by Crippen LogP contribution is 2.30. The van der Waals surface area contributed by atoms with E-state index in [9.17, 15) is 0 Å². The molecule has 1 N–H and O–H groups in total. The molecule has 1 aliphatic heterocycles. The number of rotatable bonds is 0. The van der Waals surface area contributed by atoms with Gasteiger partial charge in [-0.15, -0.1) is 11.8 Å². The van der Waals surface area contributed by atoms with Crippen molar-refractivity contribution in [1.82, 2.24) is 4.98 Å². The molecule has 0 aromatic carbocycles. The molecule has 1 nitrogen and oxygen atoms in total. The molecule has 0 radical (unpaired) electrons. The molecule has 0 fully saturated rings. The van der Waals surface area contributed by atoms with Gasteiger partial charge in [0.05, 0.1) is 5.03 Å². The number of hydrogen-bond acceptors (Lipinski definition) is 1. The fourth-order valence-corrected chi connectivity index (χ4v) is 2.31. The molecular weight excluding hydrogens is 130 g/mol. The van der Waals surface area contributed by atoms with E-state index in [2.05, 4.69) is 18.0 Å². The maximum absolute atomic E-state index is 3.32. The number of aromatic amines is 1. The van der Waals surface area contributed by atoms with Gasteiger partial charge in [-0.3, -0.25) is 0 Å². The third-order valence-corrected chi connectivity index (χ3v) is 2.67. The van der Waals surface area contributed by atoms with Gasteiger partial charge >= 0.3 is 0 Å². The van der Waals surface area contributed by atoms with Gasteiger partial charge in [0.2, 0.25) is 0 Å². The molecule has 0 saturated heterocycles. The number of hydrogen-bond donors (Lipinski definition) is 1. The molecule has 0 spiro atoms. The quantitative estimate of drug-likeness (QED) is 0.581. The Morgan fingerprint density at radius 1 is 1.67 bits per heavy atom. The van der Waals surface area contributed by atoms with E-state index >= 15 is 0 Å². The summed E-state index contributed by atoms with van der Waals surface area (Å²) >= 11 is 1.93. The molecule has 2 heteroatoms. The van der Waals surface area contributed by atoms with E-state index in [1.165, 1.54) is 28.5 Å². The molecular formula is C7H9NS. The van der Waals surface area contributed by atoms with Gasteiger partial charge in [0.15, 0.2) is 0 Å². The maximum atomic E-state index is 3.32. The van der Waals surface area contributed by atoms with Gasteiger partial charge in [0.1, 0.15) is 0 Å². The summed E-state index contributed by atoms with van der Waals surface area (Å²) in [6.07, 6.45) is 1.25. The van der Waals surface area contributed by atoms with E-state index in [0.717, 1.165) is 0 Å². The van der Waals surface area contributed by atoms with Crippen molar-refractivity contribution in [1.29, 1.82) is 0 Å². The zero-order valence-electron chi connectivity index (χ0n) is 5.40. The van der Waals surface area contributed by atoms with Crippen molar-refractivity contribution in [3.63, 3.8) is 0 Å². The monoisotopic (exact) mass is 139 g/mol. The number of aryl methyl sites for hydroxylation is 2. The Balaban J connectivity index is 2.51. The SMILES string of the molecule is Cc1cc2c([nH]1)SCC2. The van der Waals surface area contributed by atoms with Crippen LogP contribution in [0.4, 0.5) is 0 Å². The van der Waals surface area contributed by atoms with Gasteiger partial charge in [0.25, 0.3) is 0 Å². The minimum atomic E-state index is 1.25. The molecule has 0 bridgehead atoms. The van der Waals surface area contributed by atoms with Crippen molar-refractivity contribution in [3.8, 4) is 0 Å². The molecule has 0 amide bonds. The minimum Gasteiger partial charge on any atom is -0.354 e. The second-order valence-corrected chi connectivity index (χ2v) is 3.51. The Labute approximate surface area is 58.9 Å². The van der Waals surface area contributed by atoms with Crippen molar-refractivity contribution in [2.45, 2.75) is 18.4 Å². The van der Waals surface area contributed by atoms with E-state index in [1.54, 1.807) is 0 Å². The van der Waals surface area contributed by atoms with Crippen molar-refractivity contribution < 1.29 is 0 Å². The number of fused-ring (bicyclic) bond motifs is 1. The van der Waals surface area contributed by atoms with Gasteiger partial charge in [-0.25, -0.2) is 0 Å². The normalized spacial score (nSPS) is 16.1. The molecule has 2 heterocycles. The van der Waals surface area contributed by atoms with Crippen LogP contribution in [0.15, 0.2) is 11.1 Å². The van der Waals surface area contributed by atoms with Crippen LogP contribution in [-0.4, -0.2) is 10.7 Å². The average Bonchev–Trinajstić information content (AvgIpc) is 2.22. The number of nitrogens with one attached hydrogen (secondary N) is 1. The van der Waals surface area contributed by atoms with Crippen LogP contribution < -0.4 is 0 Å². The number of H-pyrrole nitrogens is 1. The predicted molar refractivity (Wildman–Crippen MR) is 40.0 cm³/mol. The van der Waals surface area contributed by atoms with Gasteiger partial charge in [0, 0.05) is 11.4 Å². The van der Waals surface area contributed by atoms with Crippen LogP contribution in [0.25, 0.3) is 0 Å². The summed E-state index contributed by atoms with van der Waals surface area (Å²) in [6.45, 7) is 2.11. The largest absolute Gasteiger partial charge is 0.354 e. The van der Waals surface area contributed by atoms with Crippen molar-refractivity contribution in [2.24, 2.45) is 0 Å². The summed E-state index contributed by atoms with van der Waals surface area (Å²) in [4.78, 5) is 3.32. The molecule has 0 unspecified atom stereocenters. The molecule has 0 saturated carbocycles. The Bertz CT molecular complexity index is 205. The van der Waals surface area contributed by atoms with Gasteiger partial charge in [-0.2, -0.15) is 0 Å². The average molecular weight is 139 g/mol. The molecule has 1 aromatic heterocycles. The lowest BCUT2D eigenvalue weighted by Crippen LogP contribution is -1.74.